The van der Waals surface area contributed by atoms with Gasteiger partial charge in [-0.25, -0.2) is 9.67 Å². The van der Waals surface area contributed by atoms with Gasteiger partial charge in [0.25, 0.3) is 0 Å². The van der Waals surface area contributed by atoms with E-state index in [2.05, 4.69) is 27.6 Å². The summed E-state index contributed by atoms with van der Waals surface area (Å²) in [7, 11) is 0. The summed E-state index contributed by atoms with van der Waals surface area (Å²) in [5, 5.41) is 9.90. The van der Waals surface area contributed by atoms with Crippen LogP contribution in [-0.4, -0.2) is 20.7 Å². The molecule has 2 aliphatic carbocycles. The van der Waals surface area contributed by atoms with Gasteiger partial charge in [0.1, 0.15) is 0 Å². The Balaban J connectivity index is 1.29. The van der Waals surface area contributed by atoms with E-state index in [0.29, 0.717) is 17.0 Å². The molecule has 1 amide bonds. The van der Waals surface area contributed by atoms with Crippen molar-refractivity contribution in [2.75, 3.05) is 5.32 Å². The fraction of sp³-hybridized carbons (Fsp3) is 0.250. The van der Waals surface area contributed by atoms with Gasteiger partial charge in [-0.15, -0.1) is 11.3 Å². The van der Waals surface area contributed by atoms with E-state index in [1.165, 1.54) is 11.3 Å². The molecule has 2 aliphatic rings. The lowest BCUT2D eigenvalue weighted by molar-refractivity contribution is -0.120. The summed E-state index contributed by atoms with van der Waals surface area (Å²) in [5.74, 6) is 1.22. The van der Waals surface area contributed by atoms with Gasteiger partial charge in [-0.1, -0.05) is 24.3 Å². The molecule has 1 fully saturated rings. The number of nitrogens with one attached hydrogen (secondary N) is 1. The Bertz CT molecular complexity index is 958. The molecule has 6 heteroatoms. The molecule has 0 spiro atoms. The molecule has 1 N–H and O–H groups in total. The van der Waals surface area contributed by atoms with Crippen LogP contribution in [0.3, 0.4) is 0 Å². The van der Waals surface area contributed by atoms with Gasteiger partial charge in [0.2, 0.25) is 5.91 Å². The van der Waals surface area contributed by atoms with Gasteiger partial charge in [0.15, 0.2) is 5.13 Å². The van der Waals surface area contributed by atoms with E-state index in [9.17, 15) is 4.79 Å². The van der Waals surface area contributed by atoms with E-state index >= 15 is 0 Å². The molecule has 1 saturated carbocycles. The molecular formula is C20H18N4OS. The lowest BCUT2D eigenvalue weighted by Gasteiger charge is -2.16. The molecule has 3 atom stereocenters. The number of rotatable bonds is 4. The molecule has 0 radical (unpaired) electrons. The fourth-order valence-electron chi connectivity index (χ4n) is 3.95. The topological polar surface area (TPSA) is 59.8 Å². The highest BCUT2D eigenvalue weighted by Crippen LogP contribution is 2.43. The number of benzene rings is 1. The highest BCUT2D eigenvalue weighted by molar-refractivity contribution is 7.14. The Kier molecular flexibility index (Phi) is 3.71. The summed E-state index contributed by atoms with van der Waals surface area (Å²) in [5.41, 5.74) is 2.91. The zero-order chi connectivity index (χ0) is 17.5. The number of hydrogen-bond donors (Lipinski definition) is 1. The Morgan fingerprint density at radius 3 is 2.77 bits per heavy atom. The summed E-state index contributed by atoms with van der Waals surface area (Å²) in [6.07, 6.45) is 10.2. The van der Waals surface area contributed by atoms with Crippen LogP contribution in [0.1, 0.15) is 12.8 Å². The Morgan fingerprint density at radius 1 is 1.19 bits per heavy atom. The lowest BCUT2D eigenvalue weighted by Crippen LogP contribution is -2.25. The lowest BCUT2D eigenvalue weighted by atomic mass is 9.93. The van der Waals surface area contributed by atoms with Crippen molar-refractivity contribution in [2.24, 2.45) is 17.8 Å². The molecule has 130 valence electrons. The van der Waals surface area contributed by atoms with Crippen molar-refractivity contribution < 1.29 is 4.79 Å². The van der Waals surface area contributed by atoms with Gasteiger partial charge in [-0.3, -0.25) is 4.79 Å². The number of carbonyl (C=O) groups excluding carboxylic acids is 1. The molecule has 3 aromatic rings. The minimum Gasteiger partial charge on any atom is -0.302 e. The van der Waals surface area contributed by atoms with Gasteiger partial charge in [0.05, 0.1) is 11.4 Å². The second-order valence-electron chi connectivity index (χ2n) is 6.91. The SMILES string of the molecule is O=C(Nc1nc(-c2ccc(-n3cccn3)cc2)cs1)C1CC2C=CC1C2. The number of aromatic nitrogens is 3. The summed E-state index contributed by atoms with van der Waals surface area (Å²) in [4.78, 5) is 17.1. The molecule has 2 bridgehead atoms. The summed E-state index contributed by atoms with van der Waals surface area (Å²) >= 11 is 1.47. The summed E-state index contributed by atoms with van der Waals surface area (Å²) in [6, 6.07) is 9.98. The number of nitrogens with zero attached hydrogens (tertiary/aromatic N) is 3. The molecule has 2 aromatic heterocycles. The predicted molar refractivity (Wildman–Crippen MR) is 102 cm³/mol. The molecule has 5 rings (SSSR count). The third kappa shape index (κ3) is 2.76. The zero-order valence-corrected chi connectivity index (χ0v) is 14.9. The van der Waals surface area contributed by atoms with E-state index in [1.807, 2.05) is 46.6 Å². The monoisotopic (exact) mass is 362 g/mol. The summed E-state index contributed by atoms with van der Waals surface area (Å²) in [6.45, 7) is 0. The quantitative estimate of drug-likeness (QED) is 0.710. The first-order valence-electron chi connectivity index (χ1n) is 8.81. The van der Waals surface area contributed by atoms with Crippen molar-refractivity contribution >= 4 is 22.4 Å². The van der Waals surface area contributed by atoms with Crippen LogP contribution in [0.2, 0.25) is 0 Å². The summed E-state index contributed by atoms with van der Waals surface area (Å²) < 4.78 is 1.82. The molecular weight excluding hydrogens is 344 g/mol. The molecule has 26 heavy (non-hydrogen) atoms. The van der Waals surface area contributed by atoms with Gasteiger partial charge in [-0.2, -0.15) is 5.10 Å². The van der Waals surface area contributed by atoms with Crippen molar-refractivity contribution in [2.45, 2.75) is 12.8 Å². The average Bonchev–Trinajstić information content (AvgIpc) is 3.45. The van der Waals surface area contributed by atoms with Crippen LogP contribution in [0.5, 0.6) is 0 Å². The minimum atomic E-state index is 0.103. The largest absolute Gasteiger partial charge is 0.302 e. The van der Waals surface area contributed by atoms with Crippen molar-refractivity contribution in [3.8, 4) is 16.9 Å². The molecule has 5 nitrogen and oxygen atoms in total. The van der Waals surface area contributed by atoms with E-state index in [4.69, 9.17) is 0 Å². The Hall–Kier alpha value is -2.73. The van der Waals surface area contributed by atoms with Crippen LogP contribution in [0.15, 0.2) is 60.3 Å². The molecule has 2 heterocycles. The van der Waals surface area contributed by atoms with E-state index in [1.54, 1.807) is 6.20 Å². The van der Waals surface area contributed by atoms with Crippen molar-refractivity contribution in [1.29, 1.82) is 0 Å². The molecule has 3 unspecified atom stereocenters. The van der Waals surface area contributed by atoms with Crippen LogP contribution >= 0.6 is 11.3 Å². The van der Waals surface area contributed by atoms with Crippen LogP contribution in [0.4, 0.5) is 5.13 Å². The predicted octanol–water partition coefficient (Wildman–Crippen LogP) is 4.15. The normalized spacial score (nSPS) is 23.5. The highest BCUT2D eigenvalue weighted by atomic mass is 32.1. The first-order chi connectivity index (χ1) is 12.8. The van der Waals surface area contributed by atoms with Crippen LogP contribution in [0.25, 0.3) is 16.9 Å². The number of fused-ring (bicyclic) bond motifs is 2. The molecule has 1 aromatic carbocycles. The highest BCUT2D eigenvalue weighted by Gasteiger charge is 2.39. The minimum absolute atomic E-state index is 0.103. The van der Waals surface area contributed by atoms with E-state index in [0.717, 1.165) is 29.8 Å². The number of thiazole rings is 1. The Labute approximate surface area is 155 Å². The van der Waals surface area contributed by atoms with Crippen LogP contribution < -0.4 is 5.32 Å². The van der Waals surface area contributed by atoms with E-state index < -0.39 is 0 Å². The number of allylic oxidation sites excluding steroid dienone is 2. The van der Waals surface area contributed by atoms with Crippen molar-refractivity contribution in [3.63, 3.8) is 0 Å². The van der Waals surface area contributed by atoms with Crippen molar-refractivity contribution in [3.05, 3.63) is 60.3 Å². The van der Waals surface area contributed by atoms with Gasteiger partial charge in [0, 0.05) is 29.3 Å². The first kappa shape index (κ1) is 15.5. The fourth-order valence-corrected chi connectivity index (χ4v) is 4.67. The maximum atomic E-state index is 12.5. The third-order valence-electron chi connectivity index (χ3n) is 5.28. The smallest absolute Gasteiger partial charge is 0.229 e. The molecule has 0 aliphatic heterocycles. The first-order valence-corrected chi connectivity index (χ1v) is 9.69. The standard InChI is InChI=1S/C20H18N4OS/c25-19(17-11-13-2-3-15(17)10-13)23-20-22-18(12-26-20)14-4-6-16(7-5-14)24-9-1-8-21-24/h1-9,12-13,15,17H,10-11H2,(H,22,23,25). The van der Waals surface area contributed by atoms with Crippen LogP contribution in [0, 0.1) is 17.8 Å². The number of hydrogen-bond acceptors (Lipinski definition) is 4. The van der Waals surface area contributed by atoms with Gasteiger partial charge in [-0.05, 0) is 42.9 Å². The number of carbonyl (C=O) groups is 1. The van der Waals surface area contributed by atoms with Gasteiger partial charge < -0.3 is 5.32 Å². The zero-order valence-electron chi connectivity index (χ0n) is 14.1. The van der Waals surface area contributed by atoms with Gasteiger partial charge >= 0.3 is 0 Å². The van der Waals surface area contributed by atoms with Crippen LogP contribution in [-0.2, 0) is 4.79 Å². The maximum Gasteiger partial charge on any atom is 0.229 e. The third-order valence-corrected chi connectivity index (χ3v) is 6.04. The van der Waals surface area contributed by atoms with Crippen molar-refractivity contribution in [1.82, 2.24) is 14.8 Å². The molecule has 0 saturated heterocycles. The number of amides is 1. The second kappa shape index (κ2) is 6.21. The Morgan fingerprint density at radius 2 is 2.08 bits per heavy atom. The average molecular weight is 362 g/mol. The van der Waals surface area contributed by atoms with E-state index in [-0.39, 0.29) is 11.8 Å². The number of anilines is 1. The second-order valence-corrected chi connectivity index (χ2v) is 7.77. The maximum absolute atomic E-state index is 12.5.